The first-order valence-corrected chi connectivity index (χ1v) is 13.5. The van der Waals surface area contributed by atoms with Crippen molar-refractivity contribution in [2.24, 2.45) is 9.98 Å². The molecular weight excluding hydrogens is 634 g/mol. The average Bonchev–Trinajstić information content (AvgIpc) is 3.64. The van der Waals surface area contributed by atoms with Crippen molar-refractivity contribution in [1.29, 1.82) is 0 Å². The van der Waals surface area contributed by atoms with Gasteiger partial charge in [0.25, 0.3) is 0 Å². The van der Waals surface area contributed by atoms with E-state index in [0.717, 1.165) is 0 Å². The van der Waals surface area contributed by atoms with E-state index in [1.807, 2.05) is 0 Å². The van der Waals surface area contributed by atoms with Crippen LogP contribution in [0.2, 0.25) is 0 Å². The van der Waals surface area contributed by atoms with Crippen LogP contribution in [0.25, 0.3) is 11.4 Å². The molecule has 0 radical (unpaired) electrons. The van der Waals surface area contributed by atoms with Crippen molar-refractivity contribution in [1.82, 2.24) is 40.4 Å². The second-order valence-electron chi connectivity index (χ2n) is 8.64. The van der Waals surface area contributed by atoms with Gasteiger partial charge in [-0.15, -0.1) is 35.5 Å². The standard InChI is InChI=1S/C26H23N11O4S2.K/c1-2-23(24(38)39)29-18-11-21(40-14-27-16-5-3-7-19(9-16)36-25(42)30-32-34-36)13-22(12-18)41-15-28-17-6-4-8-20(10-17)37-26(43)31-33-35-37;/h3-15,23,29H,2H2,1H3,(H,38,39)(H,30,34,42)(H,31,35,43);/q;+1/p-1. The predicted molar refractivity (Wildman–Crippen MR) is 160 cm³/mol. The van der Waals surface area contributed by atoms with Gasteiger partial charge < -0.3 is 24.7 Å². The summed E-state index contributed by atoms with van der Waals surface area (Å²) < 4.78 is 14.4. The first-order chi connectivity index (χ1) is 20.9. The van der Waals surface area contributed by atoms with Crippen LogP contribution in [0.15, 0.2) is 87.0 Å². The molecule has 0 spiro atoms. The van der Waals surface area contributed by atoms with E-state index in [2.05, 4.69) is 71.6 Å². The van der Waals surface area contributed by atoms with E-state index in [-0.39, 0.29) is 51.4 Å². The molecule has 0 amide bonds. The molecule has 5 rings (SSSR count). The molecule has 2 heterocycles. The number of rotatable bonds is 12. The molecule has 3 aromatic carbocycles. The number of aliphatic imine (C=N–C) groups is 2. The Bertz CT molecular complexity index is 1680. The third-order valence-corrected chi connectivity index (χ3v) is 6.31. The van der Waals surface area contributed by atoms with Crippen LogP contribution in [0.3, 0.4) is 0 Å². The predicted octanol–water partition coefficient (Wildman–Crippen LogP) is -0.363. The number of nitrogens with one attached hydrogen (secondary N) is 1. The summed E-state index contributed by atoms with van der Waals surface area (Å²) in [4.78, 5) is 20.2. The minimum absolute atomic E-state index is 0. The Balaban J connectivity index is 0.00000442. The van der Waals surface area contributed by atoms with Gasteiger partial charge in [-0.05, 0) is 63.7 Å². The summed E-state index contributed by atoms with van der Waals surface area (Å²) in [7, 11) is 0. The van der Waals surface area contributed by atoms with Crippen LogP contribution in [-0.2, 0) is 4.79 Å². The molecule has 15 nitrogen and oxygen atoms in total. The Morgan fingerprint density at radius 2 is 1.39 bits per heavy atom. The number of aliphatic carboxylic acids is 1. The number of aromatic nitrogens is 8. The van der Waals surface area contributed by atoms with Crippen LogP contribution in [0.5, 0.6) is 11.5 Å². The van der Waals surface area contributed by atoms with E-state index >= 15 is 0 Å². The fourth-order valence-electron chi connectivity index (χ4n) is 3.73. The van der Waals surface area contributed by atoms with Gasteiger partial charge in [0.15, 0.2) is 12.8 Å². The fraction of sp³-hybridized carbons (Fsp3) is 0.115. The second-order valence-corrected chi connectivity index (χ2v) is 9.44. The number of tetrazole rings is 2. The molecule has 218 valence electrons. The van der Waals surface area contributed by atoms with Crippen molar-refractivity contribution in [2.75, 3.05) is 5.32 Å². The van der Waals surface area contributed by atoms with Crippen LogP contribution in [0, 0.1) is 0 Å². The number of hydrogen-bond acceptors (Lipinski definition) is 15. The smallest absolute Gasteiger partial charge is 0.548 e. The number of carbonyl (C=O) groups is 1. The monoisotopic (exact) mass is 655 g/mol. The van der Waals surface area contributed by atoms with Gasteiger partial charge in [0, 0.05) is 23.9 Å². The molecule has 1 unspecified atom stereocenters. The van der Waals surface area contributed by atoms with Crippen LogP contribution in [-0.4, -0.2) is 65.2 Å². The largest absolute Gasteiger partial charge is 1.00 e. The number of anilines is 1. The van der Waals surface area contributed by atoms with Crippen molar-refractivity contribution in [3.8, 4) is 22.9 Å². The van der Waals surface area contributed by atoms with E-state index in [9.17, 15) is 9.90 Å². The third-order valence-electron chi connectivity index (χ3n) is 5.75. The first kappa shape index (κ1) is 33.2. The van der Waals surface area contributed by atoms with Gasteiger partial charge in [0.05, 0.1) is 34.8 Å². The molecule has 0 saturated heterocycles. The fourth-order valence-corrected chi connectivity index (χ4v) is 4.12. The summed E-state index contributed by atoms with van der Waals surface area (Å²) >= 11 is 8.45. The van der Waals surface area contributed by atoms with Gasteiger partial charge in [-0.25, -0.2) is 9.98 Å². The summed E-state index contributed by atoms with van der Waals surface area (Å²) in [5.41, 5.74) is 2.88. The van der Waals surface area contributed by atoms with Gasteiger partial charge in [0.2, 0.25) is 10.3 Å². The van der Waals surface area contributed by atoms with E-state index in [1.165, 1.54) is 22.2 Å². The zero-order valence-corrected chi connectivity index (χ0v) is 28.2. The number of benzene rings is 3. The molecule has 0 aliphatic heterocycles. The zero-order chi connectivity index (χ0) is 30.2. The van der Waals surface area contributed by atoms with E-state index < -0.39 is 12.0 Å². The molecule has 0 aliphatic carbocycles. The number of hydrogen-bond donors (Lipinski definition) is 3. The van der Waals surface area contributed by atoms with Gasteiger partial charge >= 0.3 is 51.4 Å². The maximum Gasteiger partial charge on any atom is 1.00 e. The summed E-state index contributed by atoms with van der Waals surface area (Å²) in [6.45, 7) is 1.73. The van der Waals surface area contributed by atoms with Crippen molar-refractivity contribution in [3.05, 3.63) is 66.7 Å². The maximum absolute atomic E-state index is 11.5. The number of carboxylic acid groups (broad SMARTS) is 1. The molecule has 44 heavy (non-hydrogen) atoms. The molecule has 18 heteroatoms. The minimum Gasteiger partial charge on any atom is -0.548 e. The van der Waals surface area contributed by atoms with Crippen molar-refractivity contribution >= 4 is 61.1 Å². The van der Waals surface area contributed by atoms with E-state index in [0.29, 0.717) is 56.7 Å². The maximum atomic E-state index is 11.5. The number of nitrogens with zero attached hydrogens (tertiary/aromatic N) is 10. The Hall–Kier alpha value is -3.65. The number of thiol groups is 2. The molecule has 2 aromatic heterocycles. The van der Waals surface area contributed by atoms with Gasteiger partial charge in [0.1, 0.15) is 11.5 Å². The number of carboxylic acids is 1. The Kier molecular flexibility index (Phi) is 12.0. The van der Waals surface area contributed by atoms with Gasteiger partial charge in [-0.3, -0.25) is 0 Å². The van der Waals surface area contributed by atoms with Crippen LogP contribution in [0.1, 0.15) is 13.3 Å². The molecule has 0 saturated carbocycles. The van der Waals surface area contributed by atoms with Gasteiger partial charge in [-0.1, -0.05) is 19.1 Å². The Labute approximate surface area is 304 Å². The number of ether oxygens (including phenoxy) is 2. The summed E-state index contributed by atoms with van der Waals surface area (Å²) in [5.74, 6) is -0.596. The molecule has 1 atom stereocenters. The molecule has 0 aliphatic rings. The minimum atomic E-state index is -1.24. The second kappa shape index (κ2) is 15.9. The SMILES string of the molecule is CCC(Nc1cc(OC=Nc2cccc(-n3nnnc3S)c2)cc(OC=Nc2cccc(-n3nnnc3S)c2)c1)C(=O)[O-].[K+]. The molecule has 1 N–H and O–H groups in total. The Morgan fingerprint density at radius 3 is 1.80 bits per heavy atom. The normalized spacial score (nSPS) is 11.8. The summed E-state index contributed by atoms with van der Waals surface area (Å²) in [6, 6.07) is 18.1. The van der Waals surface area contributed by atoms with E-state index in [1.54, 1.807) is 73.7 Å². The molecule has 0 fully saturated rings. The quantitative estimate of drug-likeness (QED) is 0.0691. The summed E-state index contributed by atoms with van der Waals surface area (Å²) in [5, 5.41) is 37.5. The Morgan fingerprint density at radius 1 is 0.886 bits per heavy atom. The van der Waals surface area contributed by atoms with E-state index in [4.69, 9.17) is 9.47 Å². The van der Waals surface area contributed by atoms with Crippen molar-refractivity contribution < 1.29 is 70.8 Å². The molecule has 0 bridgehead atoms. The average molecular weight is 656 g/mol. The van der Waals surface area contributed by atoms with Gasteiger partial charge in [-0.2, -0.15) is 9.36 Å². The number of carbonyl (C=O) groups excluding carboxylic acids is 1. The van der Waals surface area contributed by atoms with Crippen molar-refractivity contribution in [3.63, 3.8) is 0 Å². The topological polar surface area (TPSA) is 183 Å². The van der Waals surface area contributed by atoms with Crippen LogP contribution >= 0.6 is 25.3 Å². The first-order valence-electron chi connectivity index (χ1n) is 12.6. The molecular formula is C26H22KN11O4S2. The zero-order valence-electron chi connectivity index (χ0n) is 23.3. The van der Waals surface area contributed by atoms with Crippen LogP contribution in [0.4, 0.5) is 17.1 Å². The van der Waals surface area contributed by atoms with Crippen molar-refractivity contribution in [2.45, 2.75) is 29.7 Å². The third kappa shape index (κ3) is 8.71. The van der Waals surface area contributed by atoms with Crippen LogP contribution < -0.4 is 71.3 Å². The molecule has 5 aromatic rings. The summed E-state index contributed by atoms with van der Waals surface area (Å²) in [6.07, 6.45) is 2.78.